The van der Waals surface area contributed by atoms with E-state index < -0.39 is 5.91 Å². The molecule has 0 fully saturated rings. The topological polar surface area (TPSA) is 106 Å². The molecule has 0 bridgehead atoms. The van der Waals surface area contributed by atoms with Crippen LogP contribution >= 0.6 is 0 Å². The minimum absolute atomic E-state index is 0. The molecule has 1 amide bonds. The van der Waals surface area contributed by atoms with Crippen LogP contribution in [0.3, 0.4) is 0 Å². The van der Waals surface area contributed by atoms with Crippen molar-refractivity contribution in [2.75, 3.05) is 0 Å². The number of carbonyl (C=O) groups is 1. The van der Waals surface area contributed by atoms with Gasteiger partial charge in [-0.2, -0.15) is 9.98 Å². The Hall–Kier alpha value is -1.05. The Morgan fingerprint density at radius 1 is 1.46 bits per heavy atom. The maximum atomic E-state index is 11.0. The standard InChI is InChI=1S/C5H3N5O2.Na/c6-5-8-3-2(4(11)9-5)10(12)1-7-3;/h1H,(H2,6,9,11);. The summed E-state index contributed by atoms with van der Waals surface area (Å²) in [4.78, 5) is 21.4. The first-order valence-corrected chi connectivity index (χ1v) is 3.03. The van der Waals surface area contributed by atoms with Crippen molar-refractivity contribution >= 4 is 59.3 Å². The summed E-state index contributed by atoms with van der Waals surface area (Å²) in [6.45, 7) is 0. The number of fused-ring (bicyclic) bond motifs is 1. The molecule has 0 unspecified atom stereocenters. The first-order chi connectivity index (χ1) is 5.68. The van der Waals surface area contributed by atoms with Crippen molar-refractivity contribution in [1.82, 2.24) is 0 Å². The Labute approximate surface area is 94.6 Å². The van der Waals surface area contributed by atoms with Crippen LogP contribution in [0.4, 0.5) is 0 Å². The first-order valence-electron chi connectivity index (χ1n) is 3.03. The third-order valence-corrected chi connectivity index (χ3v) is 1.36. The molecular weight excluding hydrogens is 185 g/mol. The predicted octanol–water partition coefficient (Wildman–Crippen LogP) is -2.15. The molecule has 0 aromatic carbocycles. The van der Waals surface area contributed by atoms with Crippen molar-refractivity contribution in [1.29, 1.82) is 0 Å². The van der Waals surface area contributed by atoms with Crippen LogP contribution in [0.5, 0.6) is 0 Å². The molecule has 7 nitrogen and oxygen atoms in total. The van der Waals surface area contributed by atoms with Gasteiger partial charge < -0.3 is 10.9 Å². The Morgan fingerprint density at radius 3 is 2.85 bits per heavy atom. The van der Waals surface area contributed by atoms with Gasteiger partial charge in [0.05, 0.1) is 0 Å². The fourth-order valence-electron chi connectivity index (χ4n) is 0.887. The largest absolute Gasteiger partial charge is 0.710 e. The van der Waals surface area contributed by atoms with Crippen molar-refractivity contribution in [3.05, 3.63) is 5.21 Å². The van der Waals surface area contributed by atoms with Crippen molar-refractivity contribution in [3.8, 4) is 0 Å². The molecule has 0 aromatic heterocycles. The van der Waals surface area contributed by atoms with Gasteiger partial charge in [-0.1, -0.05) is 0 Å². The fraction of sp³-hybridized carbons (Fsp3) is 0. The number of hydrogen-bond donors (Lipinski definition) is 1. The number of guanidine groups is 1. The van der Waals surface area contributed by atoms with Gasteiger partial charge in [-0.15, -0.1) is 0 Å². The summed E-state index contributed by atoms with van der Waals surface area (Å²) in [7, 11) is 0. The zero-order valence-electron chi connectivity index (χ0n) is 6.76. The Morgan fingerprint density at radius 2 is 2.15 bits per heavy atom. The number of nitrogens with zero attached hydrogens (tertiary/aromatic N) is 4. The van der Waals surface area contributed by atoms with Gasteiger partial charge in [0.25, 0.3) is 12.1 Å². The number of amides is 1. The predicted molar refractivity (Wildman–Crippen MR) is 46.9 cm³/mol. The quantitative estimate of drug-likeness (QED) is 0.266. The van der Waals surface area contributed by atoms with Crippen LogP contribution in [0.2, 0.25) is 0 Å². The molecular formula is C5H3N5NaO2. The molecule has 0 saturated carbocycles. The van der Waals surface area contributed by atoms with Gasteiger partial charge in [0.1, 0.15) is 0 Å². The van der Waals surface area contributed by atoms with Crippen molar-refractivity contribution < 1.29 is 9.53 Å². The van der Waals surface area contributed by atoms with E-state index in [2.05, 4.69) is 15.0 Å². The summed E-state index contributed by atoms with van der Waals surface area (Å²) in [6, 6.07) is 0. The summed E-state index contributed by atoms with van der Waals surface area (Å²) in [5, 5.41) is 10.8. The molecule has 0 aromatic rings. The van der Waals surface area contributed by atoms with E-state index in [1.165, 1.54) is 0 Å². The fourth-order valence-corrected chi connectivity index (χ4v) is 0.887. The number of amidine groups is 1. The Bertz CT molecular complexity index is 394. The monoisotopic (exact) mass is 188 g/mol. The number of nitrogens with two attached hydrogens (primary N) is 1. The van der Waals surface area contributed by atoms with Gasteiger partial charge in [-0.25, -0.2) is 4.74 Å². The zero-order valence-corrected chi connectivity index (χ0v) is 8.76. The Balaban J connectivity index is 0.000000845. The molecule has 0 saturated heterocycles. The van der Waals surface area contributed by atoms with Crippen molar-refractivity contribution in [2.45, 2.75) is 0 Å². The van der Waals surface area contributed by atoms with Crippen LogP contribution in [0.25, 0.3) is 0 Å². The summed E-state index contributed by atoms with van der Waals surface area (Å²) >= 11 is 0. The van der Waals surface area contributed by atoms with E-state index >= 15 is 0 Å². The van der Waals surface area contributed by atoms with Gasteiger partial charge in [-0.3, -0.25) is 4.79 Å². The minimum Gasteiger partial charge on any atom is -0.710 e. The van der Waals surface area contributed by atoms with E-state index in [4.69, 9.17) is 5.73 Å². The van der Waals surface area contributed by atoms with Crippen molar-refractivity contribution in [2.24, 2.45) is 20.7 Å². The Kier molecular flexibility index (Phi) is 2.60. The molecule has 2 N–H and O–H groups in total. The van der Waals surface area contributed by atoms with E-state index in [9.17, 15) is 10.0 Å². The number of carbonyl (C=O) groups excluding carboxylic acids is 1. The van der Waals surface area contributed by atoms with Crippen LogP contribution in [0.1, 0.15) is 0 Å². The summed E-state index contributed by atoms with van der Waals surface area (Å²) in [5.41, 5.74) is 4.98. The molecule has 8 heteroatoms. The molecule has 13 heavy (non-hydrogen) atoms. The molecule has 61 valence electrons. The van der Waals surface area contributed by atoms with E-state index in [1.807, 2.05) is 0 Å². The number of aliphatic imine (C=N–C) groups is 3. The molecule has 1 radical (unpaired) electrons. The van der Waals surface area contributed by atoms with Gasteiger partial charge in [0.15, 0.2) is 0 Å². The number of hydrogen-bond acceptors (Lipinski definition) is 5. The molecule has 2 aliphatic rings. The summed E-state index contributed by atoms with van der Waals surface area (Å²) < 4.78 is 0.317. The van der Waals surface area contributed by atoms with Gasteiger partial charge >= 0.3 is 11.7 Å². The zero-order chi connectivity index (χ0) is 8.72. The van der Waals surface area contributed by atoms with E-state index in [0.29, 0.717) is 4.74 Å². The SMILES string of the molecule is NC1=NC(=O)C2=[N+]([O-])C=NC2=N1.[Na]. The summed E-state index contributed by atoms with van der Waals surface area (Å²) in [5.74, 6) is -0.848. The van der Waals surface area contributed by atoms with Crippen LogP contribution in [0.15, 0.2) is 15.0 Å². The molecule has 0 spiro atoms. The smallest absolute Gasteiger partial charge is 0.327 e. The van der Waals surface area contributed by atoms with Crippen LogP contribution < -0.4 is 5.73 Å². The van der Waals surface area contributed by atoms with Crippen LogP contribution in [-0.4, -0.2) is 64.0 Å². The van der Waals surface area contributed by atoms with Gasteiger partial charge in [0, 0.05) is 29.6 Å². The van der Waals surface area contributed by atoms with E-state index in [0.717, 1.165) is 6.34 Å². The maximum absolute atomic E-state index is 11.0. The van der Waals surface area contributed by atoms with E-state index in [-0.39, 0.29) is 47.1 Å². The summed E-state index contributed by atoms with van der Waals surface area (Å²) in [6.07, 6.45) is 0.945. The second kappa shape index (κ2) is 3.36. The van der Waals surface area contributed by atoms with Crippen LogP contribution in [-0.2, 0) is 4.79 Å². The number of hydroxylamine groups is 1. The maximum Gasteiger partial charge on any atom is 0.327 e. The van der Waals surface area contributed by atoms with Gasteiger partial charge in [0.2, 0.25) is 5.96 Å². The molecule has 0 aliphatic carbocycles. The second-order valence-electron chi connectivity index (χ2n) is 2.13. The van der Waals surface area contributed by atoms with E-state index in [1.54, 1.807) is 0 Å². The third kappa shape index (κ3) is 1.53. The third-order valence-electron chi connectivity index (χ3n) is 1.36. The first kappa shape index (κ1) is 10.0. The normalized spacial score (nSPS) is 19.2. The number of rotatable bonds is 0. The molecule has 0 atom stereocenters. The average molecular weight is 188 g/mol. The average Bonchev–Trinajstić information content (AvgIpc) is 2.31. The second-order valence-corrected chi connectivity index (χ2v) is 2.13. The molecule has 2 heterocycles. The van der Waals surface area contributed by atoms with Crippen LogP contribution in [0, 0.1) is 5.21 Å². The van der Waals surface area contributed by atoms with Gasteiger partial charge in [-0.05, 0) is 4.99 Å². The minimum atomic E-state index is -0.704. The van der Waals surface area contributed by atoms with Crippen molar-refractivity contribution in [3.63, 3.8) is 0 Å². The molecule has 2 aliphatic heterocycles. The molecule has 2 rings (SSSR count).